The second-order valence-corrected chi connectivity index (χ2v) is 8.40. The van der Waals surface area contributed by atoms with Gasteiger partial charge in [0.25, 0.3) is 0 Å². The number of aliphatic hydroxyl groups excluding tert-OH is 2. The summed E-state index contributed by atoms with van der Waals surface area (Å²) in [6.07, 6.45) is 3.38. The Morgan fingerprint density at radius 2 is 1.91 bits per heavy atom. The highest BCUT2D eigenvalue weighted by atomic mass is 19.1. The molecule has 0 spiro atoms. The minimum absolute atomic E-state index is 0.0272. The van der Waals surface area contributed by atoms with Gasteiger partial charge in [-0.25, -0.2) is 4.39 Å². The molecular weight excluding hydrogens is 409 g/mol. The number of esters is 1. The number of rotatable bonds is 9. The first-order valence-electron chi connectivity index (χ1n) is 10.8. The molecule has 0 fully saturated rings. The Morgan fingerprint density at radius 3 is 2.59 bits per heavy atom. The largest absolute Gasteiger partial charge is 0.466 e. The molecule has 3 rings (SSSR count). The number of fused-ring (bicyclic) bond motifs is 1. The summed E-state index contributed by atoms with van der Waals surface area (Å²) >= 11 is 0. The Kier molecular flexibility index (Phi) is 7.48. The van der Waals surface area contributed by atoms with Crippen LogP contribution in [0.5, 0.6) is 0 Å². The van der Waals surface area contributed by atoms with Crippen molar-refractivity contribution in [2.75, 3.05) is 6.61 Å². The van der Waals surface area contributed by atoms with Gasteiger partial charge in [0.15, 0.2) is 0 Å². The first-order chi connectivity index (χ1) is 15.2. The summed E-state index contributed by atoms with van der Waals surface area (Å²) in [6.45, 7) is 6.11. The van der Waals surface area contributed by atoms with Crippen molar-refractivity contribution in [1.29, 1.82) is 0 Å². The fraction of sp³-hybridized carbons (Fsp3) is 0.346. The fourth-order valence-electron chi connectivity index (χ4n) is 4.00. The average Bonchev–Trinajstić information content (AvgIpc) is 3.12. The number of hydrogen-bond acceptors (Lipinski definition) is 4. The molecule has 2 heterocycles. The third kappa shape index (κ3) is 5.44. The van der Waals surface area contributed by atoms with Crippen LogP contribution in [0, 0.1) is 5.82 Å². The maximum atomic E-state index is 13.5. The van der Waals surface area contributed by atoms with Crippen LogP contribution in [-0.2, 0) is 14.9 Å². The van der Waals surface area contributed by atoms with Gasteiger partial charge in [-0.1, -0.05) is 44.2 Å². The van der Waals surface area contributed by atoms with Crippen molar-refractivity contribution in [2.45, 2.75) is 51.2 Å². The molecule has 2 atom stereocenters. The van der Waals surface area contributed by atoms with Crippen LogP contribution >= 0.6 is 0 Å². The first-order valence-corrected chi connectivity index (χ1v) is 10.8. The zero-order valence-corrected chi connectivity index (χ0v) is 18.7. The summed E-state index contributed by atoms with van der Waals surface area (Å²) < 4.78 is 20.4. The number of carbonyl (C=O) groups excluding carboxylic acids is 1. The van der Waals surface area contributed by atoms with Crippen molar-refractivity contribution in [3.63, 3.8) is 0 Å². The van der Waals surface area contributed by atoms with Gasteiger partial charge in [-0.3, -0.25) is 4.79 Å². The van der Waals surface area contributed by atoms with Gasteiger partial charge in [0.1, 0.15) is 5.82 Å². The van der Waals surface area contributed by atoms with Crippen LogP contribution in [0.15, 0.2) is 60.8 Å². The third-order valence-corrected chi connectivity index (χ3v) is 5.59. The molecule has 0 bridgehead atoms. The SMILES string of the molecule is CCOC(=O)CC(O)CC(O)/C=C/c1cc2ccccn2c1C(C)(C)c1ccc(F)cc1. The fourth-order valence-corrected chi connectivity index (χ4v) is 4.00. The predicted octanol–water partition coefficient (Wildman–Crippen LogP) is 4.48. The average molecular weight is 440 g/mol. The minimum Gasteiger partial charge on any atom is -0.466 e. The number of pyridine rings is 1. The van der Waals surface area contributed by atoms with Gasteiger partial charge < -0.3 is 19.4 Å². The van der Waals surface area contributed by atoms with Crippen LogP contribution < -0.4 is 0 Å². The maximum Gasteiger partial charge on any atom is 0.308 e. The molecule has 2 N–H and O–H groups in total. The van der Waals surface area contributed by atoms with Gasteiger partial charge in [0, 0.05) is 29.2 Å². The molecule has 32 heavy (non-hydrogen) atoms. The van der Waals surface area contributed by atoms with E-state index in [4.69, 9.17) is 4.74 Å². The van der Waals surface area contributed by atoms with Gasteiger partial charge in [-0.2, -0.15) is 0 Å². The second kappa shape index (κ2) is 10.1. The van der Waals surface area contributed by atoms with Crippen LogP contribution in [0.3, 0.4) is 0 Å². The van der Waals surface area contributed by atoms with Crippen LogP contribution in [0.25, 0.3) is 11.6 Å². The molecule has 170 valence electrons. The molecule has 0 aliphatic carbocycles. The molecular formula is C26H30FNO4. The molecule has 0 aliphatic rings. The van der Waals surface area contributed by atoms with Crippen molar-refractivity contribution in [2.24, 2.45) is 0 Å². The Morgan fingerprint density at radius 1 is 1.19 bits per heavy atom. The number of ether oxygens (including phenoxy) is 1. The van der Waals surface area contributed by atoms with E-state index in [2.05, 4.69) is 18.2 Å². The van der Waals surface area contributed by atoms with Gasteiger partial charge in [-0.05, 0) is 48.4 Å². The van der Waals surface area contributed by atoms with Crippen molar-refractivity contribution in [1.82, 2.24) is 4.40 Å². The predicted molar refractivity (Wildman–Crippen MR) is 123 cm³/mol. The monoisotopic (exact) mass is 439 g/mol. The number of aromatic nitrogens is 1. The maximum absolute atomic E-state index is 13.5. The summed E-state index contributed by atoms with van der Waals surface area (Å²) in [5.74, 6) is -0.771. The summed E-state index contributed by atoms with van der Waals surface area (Å²) in [5, 5.41) is 20.4. The van der Waals surface area contributed by atoms with Gasteiger partial charge in [0.05, 0.1) is 25.2 Å². The molecule has 0 saturated carbocycles. The second-order valence-electron chi connectivity index (χ2n) is 8.40. The summed E-state index contributed by atoms with van der Waals surface area (Å²) in [4.78, 5) is 11.5. The van der Waals surface area contributed by atoms with E-state index >= 15 is 0 Å². The molecule has 0 saturated heterocycles. The smallest absolute Gasteiger partial charge is 0.308 e. The van der Waals surface area contributed by atoms with Crippen LogP contribution in [-0.4, -0.2) is 39.4 Å². The Hall–Kier alpha value is -2.96. The number of halogens is 1. The molecule has 3 aromatic rings. The number of benzene rings is 1. The number of aliphatic hydroxyl groups is 2. The standard InChI is InChI=1S/C26H30FNO4/c1-4-32-24(31)17-23(30)16-22(29)13-8-18-15-21-7-5-6-14-28(21)25(18)26(2,3)19-9-11-20(27)12-10-19/h5-15,22-23,29-30H,4,16-17H2,1-3H3/b13-8+. The van der Waals surface area contributed by atoms with Crippen LogP contribution in [0.4, 0.5) is 4.39 Å². The molecule has 5 nitrogen and oxygen atoms in total. The van der Waals surface area contributed by atoms with E-state index in [1.54, 1.807) is 25.1 Å². The van der Waals surface area contributed by atoms with Crippen molar-refractivity contribution in [3.05, 3.63) is 83.4 Å². The first kappa shape index (κ1) is 23.7. The molecule has 2 unspecified atom stereocenters. The van der Waals surface area contributed by atoms with Gasteiger partial charge in [-0.15, -0.1) is 0 Å². The zero-order valence-electron chi connectivity index (χ0n) is 18.7. The molecule has 1 aromatic carbocycles. The lowest BCUT2D eigenvalue weighted by molar-refractivity contribution is -0.145. The summed E-state index contributed by atoms with van der Waals surface area (Å²) in [7, 11) is 0. The van der Waals surface area contributed by atoms with E-state index in [9.17, 15) is 19.4 Å². The van der Waals surface area contributed by atoms with Crippen molar-refractivity contribution in [3.8, 4) is 0 Å². The highest BCUT2D eigenvalue weighted by Crippen LogP contribution is 2.36. The van der Waals surface area contributed by atoms with E-state index in [0.717, 1.165) is 22.3 Å². The zero-order chi connectivity index (χ0) is 23.3. The number of hydrogen-bond donors (Lipinski definition) is 2. The van der Waals surface area contributed by atoms with Crippen molar-refractivity contribution >= 4 is 17.6 Å². The van der Waals surface area contributed by atoms with E-state index in [0.29, 0.717) is 0 Å². The summed E-state index contributed by atoms with van der Waals surface area (Å²) in [5.41, 5.74) is 3.41. The molecule has 6 heteroatoms. The lowest BCUT2D eigenvalue weighted by atomic mass is 9.79. The molecule has 0 aliphatic heterocycles. The normalized spacial score (nSPS) is 14.1. The molecule has 2 aromatic heterocycles. The van der Waals surface area contributed by atoms with Gasteiger partial charge >= 0.3 is 5.97 Å². The minimum atomic E-state index is -0.989. The van der Waals surface area contributed by atoms with E-state index in [-0.39, 0.29) is 25.3 Å². The Labute approximate surface area is 187 Å². The molecule has 0 amide bonds. The lowest BCUT2D eigenvalue weighted by Gasteiger charge is -2.27. The lowest BCUT2D eigenvalue weighted by Crippen LogP contribution is -2.22. The Bertz CT molecular complexity index is 1080. The van der Waals surface area contributed by atoms with E-state index in [1.165, 1.54) is 12.1 Å². The van der Waals surface area contributed by atoms with Crippen LogP contribution in [0.1, 0.15) is 50.4 Å². The topological polar surface area (TPSA) is 71.2 Å². The van der Waals surface area contributed by atoms with Gasteiger partial charge in [0.2, 0.25) is 0 Å². The number of carbonyl (C=O) groups is 1. The highest BCUT2D eigenvalue weighted by molar-refractivity contribution is 5.70. The van der Waals surface area contributed by atoms with E-state index in [1.807, 2.05) is 36.5 Å². The van der Waals surface area contributed by atoms with Crippen molar-refractivity contribution < 1.29 is 24.1 Å². The Balaban J connectivity index is 1.89. The highest BCUT2D eigenvalue weighted by Gasteiger charge is 2.29. The molecule has 0 radical (unpaired) electrons. The van der Waals surface area contributed by atoms with E-state index < -0.39 is 23.6 Å². The third-order valence-electron chi connectivity index (χ3n) is 5.59. The van der Waals surface area contributed by atoms with Crippen LogP contribution in [0.2, 0.25) is 0 Å². The summed E-state index contributed by atoms with van der Waals surface area (Å²) in [6, 6.07) is 14.4. The number of nitrogens with zero attached hydrogens (tertiary/aromatic N) is 1. The quantitative estimate of drug-likeness (QED) is 0.482.